The van der Waals surface area contributed by atoms with Crippen LogP contribution in [0.25, 0.3) is 0 Å². The molecule has 0 unspecified atom stereocenters. The number of rotatable bonds is 5. The van der Waals surface area contributed by atoms with Crippen LogP contribution in [0.2, 0.25) is 0 Å². The molecule has 0 radical (unpaired) electrons. The predicted octanol–water partition coefficient (Wildman–Crippen LogP) is 2.19. The minimum Gasteiger partial charge on any atom is -0.465 e. The van der Waals surface area contributed by atoms with Gasteiger partial charge in [0.25, 0.3) is 0 Å². The molecule has 0 aromatic heterocycles. The van der Waals surface area contributed by atoms with E-state index in [1.807, 2.05) is 0 Å². The van der Waals surface area contributed by atoms with Gasteiger partial charge >= 0.3 is 12.3 Å². The van der Waals surface area contributed by atoms with Crippen LogP contribution in [0, 0.1) is 0 Å². The summed E-state index contributed by atoms with van der Waals surface area (Å²) in [6.45, 7) is 0.219. The van der Waals surface area contributed by atoms with Crippen LogP contribution >= 0.6 is 0 Å². The summed E-state index contributed by atoms with van der Waals surface area (Å²) in [5.41, 5.74) is 4.60. The molecule has 106 valence electrons. The summed E-state index contributed by atoms with van der Waals surface area (Å²) in [5, 5.41) is 8.86. The average molecular weight is 276 g/mol. The van der Waals surface area contributed by atoms with Crippen molar-refractivity contribution in [3.8, 4) is 0 Å². The number of nitrogens with zero attached hydrogens (tertiary/aromatic N) is 1. The Labute approximate surface area is 108 Å². The van der Waals surface area contributed by atoms with Crippen LogP contribution in [0.15, 0.2) is 24.3 Å². The van der Waals surface area contributed by atoms with Gasteiger partial charge in [-0.1, -0.05) is 18.2 Å². The second-order valence-electron chi connectivity index (χ2n) is 3.96. The largest absolute Gasteiger partial charge is 0.465 e. The molecule has 0 atom stereocenters. The first-order chi connectivity index (χ1) is 8.86. The zero-order valence-electron chi connectivity index (χ0n) is 10.2. The Morgan fingerprint density at radius 1 is 1.26 bits per heavy atom. The molecule has 0 bridgehead atoms. The van der Waals surface area contributed by atoms with E-state index in [0.29, 0.717) is 0 Å². The highest BCUT2D eigenvalue weighted by Crippen LogP contribution is 2.32. The number of nitrogens with two attached hydrogens (primary N) is 1. The average Bonchev–Trinajstić information content (AvgIpc) is 2.33. The number of hydrogen-bond acceptors (Lipinski definition) is 2. The molecule has 0 aliphatic carbocycles. The Morgan fingerprint density at radius 3 is 2.42 bits per heavy atom. The first-order valence-electron chi connectivity index (χ1n) is 5.69. The molecule has 1 aromatic carbocycles. The summed E-state index contributed by atoms with van der Waals surface area (Å²) < 4.78 is 38.2. The fourth-order valence-electron chi connectivity index (χ4n) is 1.73. The molecule has 4 nitrogen and oxygen atoms in total. The van der Waals surface area contributed by atoms with E-state index in [1.54, 1.807) is 0 Å². The fraction of sp³-hybridized carbons (Fsp3) is 0.417. The molecule has 0 aliphatic rings. The van der Waals surface area contributed by atoms with Gasteiger partial charge in [-0.3, -0.25) is 0 Å². The molecule has 0 aliphatic heterocycles. The lowest BCUT2D eigenvalue weighted by Crippen LogP contribution is -2.35. The molecule has 7 heteroatoms. The fourth-order valence-corrected chi connectivity index (χ4v) is 1.73. The van der Waals surface area contributed by atoms with Crippen molar-refractivity contribution in [1.82, 2.24) is 4.90 Å². The zero-order valence-corrected chi connectivity index (χ0v) is 10.2. The van der Waals surface area contributed by atoms with Gasteiger partial charge in [-0.25, -0.2) is 4.79 Å². The first-order valence-corrected chi connectivity index (χ1v) is 5.69. The standard InChI is InChI=1S/C12H15F3N2O2/c13-12(14,15)10-4-2-1-3-9(10)5-7-17(8-6-16)11(18)19/h1-4H,5-8,16H2,(H,18,19). The van der Waals surface area contributed by atoms with Gasteiger partial charge < -0.3 is 15.7 Å². The Morgan fingerprint density at radius 2 is 1.89 bits per heavy atom. The second-order valence-corrected chi connectivity index (χ2v) is 3.96. The van der Waals surface area contributed by atoms with Crippen LogP contribution in [0.5, 0.6) is 0 Å². The van der Waals surface area contributed by atoms with Crippen LogP contribution in [0.3, 0.4) is 0 Å². The summed E-state index contributed by atoms with van der Waals surface area (Å²) in [7, 11) is 0. The van der Waals surface area contributed by atoms with Crippen molar-refractivity contribution < 1.29 is 23.1 Å². The van der Waals surface area contributed by atoms with Gasteiger partial charge in [0.2, 0.25) is 0 Å². The third-order valence-corrected chi connectivity index (χ3v) is 2.64. The minimum absolute atomic E-state index is 0.00197. The van der Waals surface area contributed by atoms with Crippen molar-refractivity contribution in [1.29, 1.82) is 0 Å². The number of hydrogen-bond donors (Lipinski definition) is 2. The lowest BCUT2D eigenvalue weighted by Gasteiger charge is -2.19. The maximum Gasteiger partial charge on any atom is 0.416 e. The van der Waals surface area contributed by atoms with E-state index >= 15 is 0 Å². The number of amides is 1. The molecule has 3 N–H and O–H groups in total. The summed E-state index contributed by atoms with van der Waals surface area (Å²) >= 11 is 0. The Hall–Kier alpha value is -1.76. The number of halogens is 3. The van der Waals surface area contributed by atoms with Gasteiger partial charge in [-0.15, -0.1) is 0 Å². The quantitative estimate of drug-likeness (QED) is 0.866. The van der Waals surface area contributed by atoms with E-state index in [0.717, 1.165) is 11.0 Å². The van der Waals surface area contributed by atoms with Crippen molar-refractivity contribution in [2.75, 3.05) is 19.6 Å². The summed E-state index contributed by atoms with van der Waals surface area (Å²) in [5.74, 6) is 0. The van der Waals surface area contributed by atoms with E-state index < -0.39 is 17.8 Å². The molecule has 0 saturated carbocycles. The number of carboxylic acid groups (broad SMARTS) is 1. The maximum atomic E-state index is 12.7. The van der Waals surface area contributed by atoms with Gasteiger partial charge in [-0.05, 0) is 18.1 Å². The van der Waals surface area contributed by atoms with Crippen molar-refractivity contribution in [3.05, 3.63) is 35.4 Å². The third kappa shape index (κ3) is 4.44. The van der Waals surface area contributed by atoms with E-state index in [-0.39, 0.29) is 31.6 Å². The van der Waals surface area contributed by atoms with Crippen molar-refractivity contribution in [2.24, 2.45) is 5.73 Å². The van der Waals surface area contributed by atoms with E-state index in [9.17, 15) is 18.0 Å². The van der Waals surface area contributed by atoms with Crippen molar-refractivity contribution in [3.63, 3.8) is 0 Å². The van der Waals surface area contributed by atoms with Gasteiger partial charge in [0, 0.05) is 19.6 Å². The maximum absolute atomic E-state index is 12.7. The monoisotopic (exact) mass is 276 g/mol. The number of alkyl halides is 3. The van der Waals surface area contributed by atoms with Crippen LogP contribution in [-0.2, 0) is 12.6 Å². The van der Waals surface area contributed by atoms with Gasteiger partial charge in [0.05, 0.1) is 5.56 Å². The van der Waals surface area contributed by atoms with Gasteiger partial charge in [0.15, 0.2) is 0 Å². The molecule has 0 heterocycles. The highest BCUT2D eigenvalue weighted by Gasteiger charge is 2.32. The van der Waals surface area contributed by atoms with Gasteiger partial charge in [-0.2, -0.15) is 13.2 Å². The molecule has 1 aromatic rings. The molecular weight excluding hydrogens is 261 g/mol. The zero-order chi connectivity index (χ0) is 14.5. The van der Waals surface area contributed by atoms with Crippen LogP contribution < -0.4 is 5.73 Å². The van der Waals surface area contributed by atoms with Crippen LogP contribution in [0.4, 0.5) is 18.0 Å². The molecular formula is C12H15F3N2O2. The second kappa shape index (κ2) is 6.42. The van der Waals surface area contributed by atoms with Gasteiger partial charge in [0.1, 0.15) is 0 Å². The third-order valence-electron chi connectivity index (χ3n) is 2.64. The summed E-state index contributed by atoms with van der Waals surface area (Å²) in [6, 6.07) is 5.15. The Kier molecular flexibility index (Phi) is 5.17. The summed E-state index contributed by atoms with van der Waals surface area (Å²) in [4.78, 5) is 11.8. The highest BCUT2D eigenvalue weighted by molar-refractivity contribution is 5.64. The smallest absolute Gasteiger partial charge is 0.416 e. The number of carbonyl (C=O) groups is 1. The lowest BCUT2D eigenvalue weighted by molar-refractivity contribution is -0.138. The molecule has 0 spiro atoms. The molecule has 0 fully saturated rings. The normalized spacial score (nSPS) is 11.4. The van der Waals surface area contributed by atoms with E-state index in [4.69, 9.17) is 10.8 Å². The number of benzene rings is 1. The van der Waals surface area contributed by atoms with Crippen LogP contribution in [0.1, 0.15) is 11.1 Å². The molecule has 19 heavy (non-hydrogen) atoms. The molecule has 1 rings (SSSR count). The van der Waals surface area contributed by atoms with E-state index in [2.05, 4.69) is 0 Å². The minimum atomic E-state index is -4.43. The van der Waals surface area contributed by atoms with Crippen LogP contribution in [-0.4, -0.2) is 35.7 Å². The summed E-state index contributed by atoms with van der Waals surface area (Å²) in [6.07, 6.45) is -5.62. The van der Waals surface area contributed by atoms with Crippen molar-refractivity contribution in [2.45, 2.75) is 12.6 Å². The van der Waals surface area contributed by atoms with Crippen molar-refractivity contribution >= 4 is 6.09 Å². The SMILES string of the molecule is NCCN(CCc1ccccc1C(F)(F)F)C(=O)O. The highest BCUT2D eigenvalue weighted by atomic mass is 19.4. The Balaban J connectivity index is 2.80. The predicted molar refractivity (Wildman–Crippen MR) is 63.8 cm³/mol. The van der Waals surface area contributed by atoms with E-state index in [1.165, 1.54) is 18.2 Å². The topological polar surface area (TPSA) is 66.6 Å². The Bertz CT molecular complexity index is 435. The molecule has 0 saturated heterocycles. The first kappa shape index (κ1) is 15.3. The molecule has 1 amide bonds. The lowest BCUT2D eigenvalue weighted by atomic mass is 10.0.